The number of nitrogens with one attached hydrogen (secondary N) is 1. The molecule has 136 valence electrons. The van der Waals surface area contributed by atoms with Gasteiger partial charge in [0.1, 0.15) is 11.3 Å². The lowest BCUT2D eigenvalue weighted by molar-refractivity contribution is 0.0952. The minimum atomic E-state index is -0.581. The number of carbonyl (C=O) groups is 1. The number of hydrogen-bond donors (Lipinski definition) is 1. The second kappa shape index (κ2) is 7.03. The van der Waals surface area contributed by atoms with Crippen molar-refractivity contribution in [3.63, 3.8) is 0 Å². The standard InChI is InChI=1S/C19H21N3O4/c1-5-22-12(3)16(11(2)21-22)10-20-19(24)15-9-18(23)26-17-8-13(25-4)6-7-14(15)17/h6-9H,5,10H2,1-4H3,(H,20,24). The SMILES string of the molecule is CCn1nc(C)c(CNC(=O)c2cc(=O)oc3cc(OC)ccc23)c1C. The van der Waals surface area contributed by atoms with E-state index < -0.39 is 5.63 Å². The molecule has 1 amide bonds. The smallest absolute Gasteiger partial charge is 0.337 e. The second-order valence-corrected chi connectivity index (χ2v) is 5.99. The van der Waals surface area contributed by atoms with E-state index in [0.717, 1.165) is 23.5 Å². The van der Waals surface area contributed by atoms with Crippen LogP contribution >= 0.6 is 0 Å². The van der Waals surface area contributed by atoms with Gasteiger partial charge in [0.2, 0.25) is 0 Å². The monoisotopic (exact) mass is 355 g/mol. The summed E-state index contributed by atoms with van der Waals surface area (Å²) in [6.45, 7) is 7.02. The van der Waals surface area contributed by atoms with Crippen molar-refractivity contribution in [3.8, 4) is 5.75 Å². The number of benzene rings is 1. The Balaban J connectivity index is 1.91. The van der Waals surface area contributed by atoms with Gasteiger partial charge in [-0.05, 0) is 32.9 Å². The predicted octanol–water partition coefficient (Wildman–Crippen LogP) is 2.56. The molecule has 0 fully saturated rings. The first kappa shape index (κ1) is 17.7. The van der Waals surface area contributed by atoms with Crippen molar-refractivity contribution in [2.24, 2.45) is 0 Å². The zero-order valence-corrected chi connectivity index (χ0v) is 15.3. The Morgan fingerprint density at radius 1 is 1.31 bits per heavy atom. The van der Waals surface area contributed by atoms with Gasteiger partial charge in [-0.2, -0.15) is 5.10 Å². The molecular formula is C19H21N3O4. The molecule has 0 saturated carbocycles. The van der Waals surface area contributed by atoms with Crippen molar-refractivity contribution in [3.05, 3.63) is 57.2 Å². The minimum absolute atomic E-state index is 0.275. The molecule has 0 saturated heterocycles. The lowest BCUT2D eigenvalue weighted by Gasteiger charge is -2.09. The Labute approximate surface area is 150 Å². The van der Waals surface area contributed by atoms with Crippen LogP contribution in [0.4, 0.5) is 0 Å². The quantitative estimate of drug-likeness (QED) is 0.711. The number of amides is 1. The summed E-state index contributed by atoms with van der Waals surface area (Å²) < 4.78 is 12.2. The van der Waals surface area contributed by atoms with E-state index in [1.54, 1.807) is 18.2 Å². The summed E-state index contributed by atoms with van der Waals surface area (Å²) in [5, 5.41) is 7.88. The van der Waals surface area contributed by atoms with Crippen LogP contribution in [0.5, 0.6) is 5.75 Å². The second-order valence-electron chi connectivity index (χ2n) is 5.99. The third kappa shape index (κ3) is 3.20. The molecule has 2 aromatic heterocycles. The highest BCUT2D eigenvalue weighted by Crippen LogP contribution is 2.22. The molecule has 0 unspecified atom stereocenters. The van der Waals surface area contributed by atoms with Crippen LogP contribution in [0, 0.1) is 13.8 Å². The van der Waals surface area contributed by atoms with Crippen LogP contribution in [0.15, 0.2) is 33.5 Å². The van der Waals surface area contributed by atoms with Gasteiger partial charge in [-0.3, -0.25) is 9.48 Å². The molecule has 1 N–H and O–H groups in total. The topological polar surface area (TPSA) is 86.4 Å². The minimum Gasteiger partial charge on any atom is -0.497 e. The Morgan fingerprint density at radius 2 is 2.08 bits per heavy atom. The lowest BCUT2D eigenvalue weighted by atomic mass is 10.1. The Hall–Kier alpha value is -3.09. The van der Waals surface area contributed by atoms with Crippen LogP contribution in [0.1, 0.15) is 34.2 Å². The first-order valence-electron chi connectivity index (χ1n) is 8.37. The van der Waals surface area contributed by atoms with Crippen molar-refractivity contribution in [1.82, 2.24) is 15.1 Å². The lowest BCUT2D eigenvalue weighted by Crippen LogP contribution is -2.24. The summed E-state index contributed by atoms with van der Waals surface area (Å²) in [6.07, 6.45) is 0. The molecule has 2 heterocycles. The summed E-state index contributed by atoms with van der Waals surface area (Å²) >= 11 is 0. The molecule has 0 radical (unpaired) electrons. The highest BCUT2D eigenvalue weighted by molar-refractivity contribution is 6.05. The number of methoxy groups -OCH3 is 1. The first-order valence-corrected chi connectivity index (χ1v) is 8.37. The Bertz CT molecular complexity index is 1030. The van der Waals surface area contributed by atoms with Gasteiger partial charge in [0.15, 0.2) is 0 Å². The van der Waals surface area contributed by atoms with E-state index in [4.69, 9.17) is 9.15 Å². The van der Waals surface area contributed by atoms with Gasteiger partial charge in [0.05, 0.1) is 18.4 Å². The van der Waals surface area contributed by atoms with Gasteiger partial charge >= 0.3 is 5.63 Å². The molecule has 0 atom stereocenters. The third-order valence-corrected chi connectivity index (χ3v) is 4.45. The molecule has 0 aliphatic rings. The average Bonchev–Trinajstić information content (AvgIpc) is 2.91. The number of nitrogens with zero attached hydrogens (tertiary/aromatic N) is 2. The molecule has 0 bridgehead atoms. The van der Waals surface area contributed by atoms with Crippen LogP contribution in [0.2, 0.25) is 0 Å². The molecule has 3 rings (SSSR count). The fourth-order valence-electron chi connectivity index (χ4n) is 3.02. The van der Waals surface area contributed by atoms with E-state index in [2.05, 4.69) is 10.4 Å². The number of hydrogen-bond acceptors (Lipinski definition) is 5. The van der Waals surface area contributed by atoms with Crippen molar-refractivity contribution >= 4 is 16.9 Å². The van der Waals surface area contributed by atoms with E-state index in [0.29, 0.717) is 23.3 Å². The maximum Gasteiger partial charge on any atom is 0.337 e. The molecule has 3 aromatic rings. The molecule has 0 aliphatic heterocycles. The molecule has 7 heteroatoms. The van der Waals surface area contributed by atoms with Crippen LogP contribution in [-0.2, 0) is 13.1 Å². The van der Waals surface area contributed by atoms with E-state index in [9.17, 15) is 9.59 Å². The fraction of sp³-hybridized carbons (Fsp3) is 0.316. The van der Waals surface area contributed by atoms with Crippen molar-refractivity contribution < 1.29 is 13.9 Å². The van der Waals surface area contributed by atoms with Gasteiger partial charge in [-0.25, -0.2) is 4.79 Å². The molecule has 7 nitrogen and oxygen atoms in total. The first-order chi connectivity index (χ1) is 12.4. The van der Waals surface area contributed by atoms with Crippen LogP contribution in [0.3, 0.4) is 0 Å². The van der Waals surface area contributed by atoms with Crippen LogP contribution < -0.4 is 15.7 Å². The number of carbonyl (C=O) groups excluding carboxylic acids is 1. The van der Waals surface area contributed by atoms with Crippen molar-refractivity contribution in [1.29, 1.82) is 0 Å². The van der Waals surface area contributed by atoms with E-state index in [1.807, 2.05) is 25.5 Å². The number of aryl methyl sites for hydroxylation is 2. The maximum atomic E-state index is 12.7. The Morgan fingerprint density at radius 3 is 2.73 bits per heavy atom. The van der Waals surface area contributed by atoms with Gasteiger partial charge in [0, 0.05) is 41.9 Å². The molecule has 0 aliphatic carbocycles. The highest BCUT2D eigenvalue weighted by atomic mass is 16.5. The van der Waals surface area contributed by atoms with Crippen molar-refractivity contribution in [2.45, 2.75) is 33.9 Å². The number of fused-ring (bicyclic) bond motifs is 1. The summed E-state index contributed by atoms with van der Waals surface area (Å²) in [4.78, 5) is 24.5. The average molecular weight is 355 g/mol. The molecule has 26 heavy (non-hydrogen) atoms. The zero-order chi connectivity index (χ0) is 18.8. The van der Waals surface area contributed by atoms with Crippen LogP contribution in [0.25, 0.3) is 11.0 Å². The van der Waals surface area contributed by atoms with Gasteiger partial charge in [-0.15, -0.1) is 0 Å². The number of rotatable bonds is 5. The summed E-state index contributed by atoms with van der Waals surface area (Å²) in [6, 6.07) is 6.22. The molecule has 0 spiro atoms. The zero-order valence-electron chi connectivity index (χ0n) is 15.3. The van der Waals surface area contributed by atoms with Gasteiger partial charge in [0.25, 0.3) is 5.91 Å². The van der Waals surface area contributed by atoms with Crippen LogP contribution in [-0.4, -0.2) is 22.8 Å². The number of ether oxygens (including phenoxy) is 1. The third-order valence-electron chi connectivity index (χ3n) is 4.45. The summed E-state index contributed by atoms with van der Waals surface area (Å²) in [5.41, 5.74) is 2.89. The summed E-state index contributed by atoms with van der Waals surface area (Å²) in [5.74, 6) is 0.215. The maximum absolute atomic E-state index is 12.7. The van der Waals surface area contributed by atoms with E-state index >= 15 is 0 Å². The summed E-state index contributed by atoms with van der Waals surface area (Å²) in [7, 11) is 1.52. The molecule has 1 aromatic carbocycles. The van der Waals surface area contributed by atoms with Crippen molar-refractivity contribution in [2.75, 3.05) is 7.11 Å². The van der Waals surface area contributed by atoms with Gasteiger partial charge in [-0.1, -0.05) is 0 Å². The number of aromatic nitrogens is 2. The van der Waals surface area contributed by atoms with E-state index in [1.165, 1.54) is 13.2 Å². The fourth-order valence-corrected chi connectivity index (χ4v) is 3.02. The van der Waals surface area contributed by atoms with Gasteiger partial charge < -0.3 is 14.5 Å². The highest BCUT2D eigenvalue weighted by Gasteiger charge is 2.16. The normalized spacial score (nSPS) is 10.9. The van der Waals surface area contributed by atoms with E-state index in [-0.39, 0.29) is 11.5 Å². The largest absolute Gasteiger partial charge is 0.497 e. The molecular weight excluding hydrogens is 334 g/mol. The predicted molar refractivity (Wildman–Crippen MR) is 97.6 cm³/mol. The Kier molecular flexibility index (Phi) is 4.79.